The summed E-state index contributed by atoms with van der Waals surface area (Å²) < 4.78 is 0.983. The lowest BCUT2D eigenvalue weighted by Gasteiger charge is -2.30. The summed E-state index contributed by atoms with van der Waals surface area (Å²) in [6, 6.07) is 15.1. The van der Waals surface area contributed by atoms with E-state index < -0.39 is 0 Å². The maximum atomic E-state index is 13.2. The normalized spacial score (nSPS) is 14.9. The fourth-order valence-corrected chi connectivity index (χ4v) is 4.21. The summed E-state index contributed by atoms with van der Waals surface area (Å²) >= 11 is 3.58. The molecule has 1 aliphatic rings. The maximum absolute atomic E-state index is 13.2. The monoisotopic (exact) mass is 456 g/mol. The van der Waals surface area contributed by atoms with E-state index in [9.17, 15) is 14.4 Å². The second kappa shape index (κ2) is 9.35. The molecule has 3 rings (SSSR count). The molecule has 1 aliphatic heterocycles. The lowest BCUT2D eigenvalue weighted by atomic mass is 10.0. The average Bonchev–Trinajstić information content (AvgIpc) is 3.04. The minimum absolute atomic E-state index is 0.0324. The molecule has 0 bridgehead atoms. The zero-order chi connectivity index (χ0) is 21.0. The minimum atomic E-state index is -0.133. The molecule has 2 aromatic carbocycles. The number of amides is 3. The van der Waals surface area contributed by atoms with Gasteiger partial charge in [0.1, 0.15) is 0 Å². The highest BCUT2D eigenvalue weighted by Crippen LogP contribution is 2.29. The number of halogens is 1. The van der Waals surface area contributed by atoms with Crippen LogP contribution in [0.4, 0.5) is 0 Å². The molecule has 1 unspecified atom stereocenters. The number of likely N-dealkylation sites (tertiary alicyclic amines) is 1. The Hall–Kier alpha value is -2.47. The van der Waals surface area contributed by atoms with Crippen LogP contribution in [0.25, 0.3) is 0 Å². The Morgan fingerprint density at radius 3 is 2.28 bits per heavy atom. The van der Waals surface area contributed by atoms with Gasteiger partial charge < -0.3 is 4.90 Å². The van der Waals surface area contributed by atoms with E-state index in [2.05, 4.69) is 22.9 Å². The first-order valence-electron chi connectivity index (χ1n) is 9.90. The number of nitrogens with zero attached hydrogens (tertiary/aromatic N) is 2. The molecule has 1 heterocycles. The predicted octanol–water partition coefficient (Wildman–Crippen LogP) is 4.71. The Balaban J connectivity index is 1.77. The largest absolute Gasteiger partial charge is 0.332 e. The molecule has 2 aromatic rings. The summed E-state index contributed by atoms with van der Waals surface area (Å²) in [4.78, 5) is 40.0. The molecule has 29 heavy (non-hydrogen) atoms. The SMILES string of the molecule is CCCN(C(=O)c1ccc(CN2C(=O)CCC2=O)cc1)C(C)c1ccccc1Br. The average molecular weight is 457 g/mol. The summed E-state index contributed by atoms with van der Waals surface area (Å²) in [5.74, 6) is -0.298. The van der Waals surface area contributed by atoms with Crippen LogP contribution in [0, 0.1) is 0 Å². The summed E-state index contributed by atoms with van der Waals surface area (Å²) in [5, 5.41) is 0. The van der Waals surface area contributed by atoms with E-state index in [1.807, 2.05) is 48.2 Å². The molecule has 1 atom stereocenters. The van der Waals surface area contributed by atoms with Crippen molar-refractivity contribution in [1.29, 1.82) is 0 Å². The second-order valence-corrected chi connectivity index (χ2v) is 8.12. The highest BCUT2D eigenvalue weighted by Gasteiger charge is 2.29. The third kappa shape index (κ3) is 4.75. The zero-order valence-corrected chi connectivity index (χ0v) is 18.3. The van der Waals surface area contributed by atoms with Crippen molar-refractivity contribution >= 4 is 33.7 Å². The van der Waals surface area contributed by atoms with Crippen molar-refractivity contribution in [2.75, 3.05) is 6.54 Å². The standard InChI is InChI=1S/C23H25BrN2O3/c1-3-14-25(16(2)19-6-4-5-7-20(19)24)23(29)18-10-8-17(9-11-18)15-26-21(27)12-13-22(26)28/h4-11,16H,3,12-15H2,1-2H3. The number of imide groups is 1. The topological polar surface area (TPSA) is 57.7 Å². The first-order chi connectivity index (χ1) is 13.9. The van der Waals surface area contributed by atoms with Crippen molar-refractivity contribution in [3.05, 3.63) is 69.7 Å². The number of carbonyl (C=O) groups excluding carboxylic acids is 3. The van der Waals surface area contributed by atoms with Crippen LogP contribution in [0.1, 0.15) is 60.6 Å². The minimum Gasteiger partial charge on any atom is -0.332 e. The van der Waals surface area contributed by atoms with E-state index in [4.69, 9.17) is 0 Å². The van der Waals surface area contributed by atoms with E-state index in [0.717, 1.165) is 22.0 Å². The molecular weight excluding hydrogens is 432 g/mol. The summed E-state index contributed by atoms with van der Waals surface area (Å²) in [7, 11) is 0. The Morgan fingerprint density at radius 2 is 1.69 bits per heavy atom. The van der Waals surface area contributed by atoms with Gasteiger partial charge in [0.05, 0.1) is 12.6 Å². The number of rotatable bonds is 7. The zero-order valence-electron chi connectivity index (χ0n) is 16.7. The van der Waals surface area contributed by atoms with E-state index in [1.54, 1.807) is 12.1 Å². The highest BCUT2D eigenvalue weighted by atomic mass is 79.9. The molecule has 0 N–H and O–H groups in total. The quantitative estimate of drug-likeness (QED) is 0.566. The van der Waals surface area contributed by atoms with E-state index in [-0.39, 0.29) is 43.1 Å². The number of hydrogen-bond donors (Lipinski definition) is 0. The van der Waals surface area contributed by atoms with Gasteiger partial charge in [0.2, 0.25) is 11.8 Å². The van der Waals surface area contributed by atoms with Gasteiger partial charge >= 0.3 is 0 Å². The molecule has 0 radical (unpaired) electrons. The molecule has 1 fully saturated rings. The van der Waals surface area contributed by atoms with Crippen LogP contribution in [-0.2, 0) is 16.1 Å². The Bertz CT molecular complexity index is 895. The molecule has 5 nitrogen and oxygen atoms in total. The van der Waals surface area contributed by atoms with E-state index in [0.29, 0.717) is 12.1 Å². The van der Waals surface area contributed by atoms with Crippen molar-refractivity contribution < 1.29 is 14.4 Å². The molecule has 6 heteroatoms. The molecule has 0 spiro atoms. The Morgan fingerprint density at radius 1 is 1.07 bits per heavy atom. The third-order valence-corrected chi connectivity index (χ3v) is 5.97. The smallest absolute Gasteiger partial charge is 0.254 e. The van der Waals surface area contributed by atoms with Gasteiger partial charge in [-0.05, 0) is 42.7 Å². The molecule has 152 valence electrons. The van der Waals surface area contributed by atoms with Crippen LogP contribution in [-0.4, -0.2) is 34.1 Å². The van der Waals surface area contributed by atoms with Crippen LogP contribution >= 0.6 is 15.9 Å². The van der Waals surface area contributed by atoms with Gasteiger partial charge in [-0.1, -0.05) is 53.2 Å². The van der Waals surface area contributed by atoms with Gasteiger partial charge in [-0.2, -0.15) is 0 Å². The van der Waals surface area contributed by atoms with Crippen LogP contribution in [0.5, 0.6) is 0 Å². The maximum Gasteiger partial charge on any atom is 0.254 e. The van der Waals surface area contributed by atoms with Gasteiger partial charge in [0.15, 0.2) is 0 Å². The Labute approximate surface area is 179 Å². The second-order valence-electron chi connectivity index (χ2n) is 7.27. The van der Waals surface area contributed by atoms with Crippen LogP contribution in [0.2, 0.25) is 0 Å². The molecule has 3 amide bonds. The summed E-state index contributed by atoms with van der Waals surface area (Å²) in [5.41, 5.74) is 2.50. The van der Waals surface area contributed by atoms with E-state index >= 15 is 0 Å². The van der Waals surface area contributed by atoms with Gasteiger partial charge in [-0.25, -0.2) is 0 Å². The van der Waals surface area contributed by atoms with Crippen molar-refractivity contribution in [2.24, 2.45) is 0 Å². The number of benzene rings is 2. The van der Waals surface area contributed by atoms with Crippen molar-refractivity contribution in [1.82, 2.24) is 9.80 Å². The van der Waals surface area contributed by atoms with Crippen LogP contribution in [0.3, 0.4) is 0 Å². The van der Waals surface area contributed by atoms with Crippen molar-refractivity contribution in [3.63, 3.8) is 0 Å². The van der Waals surface area contributed by atoms with Gasteiger partial charge in [0.25, 0.3) is 5.91 Å². The lowest BCUT2D eigenvalue weighted by molar-refractivity contribution is -0.139. The van der Waals surface area contributed by atoms with Gasteiger partial charge in [-0.15, -0.1) is 0 Å². The third-order valence-electron chi connectivity index (χ3n) is 5.24. The molecular formula is C23H25BrN2O3. The lowest BCUT2D eigenvalue weighted by Crippen LogP contribution is -2.34. The van der Waals surface area contributed by atoms with Gasteiger partial charge in [0, 0.05) is 29.4 Å². The van der Waals surface area contributed by atoms with Crippen molar-refractivity contribution in [2.45, 2.75) is 45.7 Å². The van der Waals surface area contributed by atoms with Gasteiger partial charge in [-0.3, -0.25) is 19.3 Å². The predicted molar refractivity (Wildman–Crippen MR) is 115 cm³/mol. The highest BCUT2D eigenvalue weighted by molar-refractivity contribution is 9.10. The summed E-state index contributed by atoms with van der Waals surface area (Å²) in [6.07, 6.45) is 1.43. The number of carbonyl (C=O) groups is 3. The molecule has 0 aliphatic carbocycles. The fourth-order valence-electron chi connectivity index (χ4n) is 3.59. The fraction of sp³-hybridized carbons (Fsp3) is 0.348. The van der Waals surface area contributed by atoms with E-state index in [1.165, 1.54) is 4.90 Å². The van der Waals surface area contributed by atoms with Crippen LogP contribution in [0.15, 0.2) is 53.0 Å². The Kier molecular flexibility index (Phi) is 6.85. The summed E-state index contributed by atoms with van der Waals surface area (Å²) in [6.45, 7) is 5.00. The van der Waals surface area contributed by atoms with Crippen LogP contribution < -0.4 is 0 Å². The number of hydrogen-bond acceptors (Lipinski definition) is 3. The molecule has 1 saturated heterocycles. The first-order valence-corrected chi connectivity index (χ1v) is 10.7. The molecule has 0 aromatic heterocycles. The first kappa shape index (κ1) is 21.2. The molecule has 0 saturated carbocycles. The van der Waals surface area contributed by atoms with Crippen molar-refractivity contribution in [3.8, 4) is 0 Å².